The summed E-state index contributed by atoms with van der Waals surface area (Å²) in [4.78, 5) is 20.3. The zero-order valence-electron chi connectivity index (χ0n) is 23.9. The third-order valence-corrected chi connectivity index (χ3v) is 8.68. The summed E-state index contributed by atoms with van der Waals surface area (Å²) in [6.45, 7) is 7.43. The van der Waals surface area contributed by atoms with E-state index in [1.165, 1.54) is 16.7 Å². The van der Waals surface area contributed by atoms with Gasteiger partial charge >= 0.3 is 0 Å². The van der Waals surface area contributed by atoms with Crippen molar-refractivity contribution in [1.82, 2.24) is 19.6 Å². The Morgan fingerprint density at radius 1 is 1.02 bits per heavy atom. The number of imidazole rings is 1. The topological polar surface area (TPSA) is 125 Å². The van der Waals surface area contributed by atoms with Crippen molar-refractivity contribution in [3.05, 3.63) is 89.7 Å². The molecule has 0 spiro atoms. The molecule has 9 nitrogen and oxygen atoms in total. The monoisotopic (exact) mass is 578 g/mol. The summed E-state index contributed by atoms with van der Waals surface area (Å²) in [5, 5.41) is 14.3. The number of H-pyrrole nitrogens is 1. The van der Waals surface area contributed by atoms with Crippen LogP contribution in [0.5, 0.6) is 5.75 Å². The van der Waals surface area contributed by atoms with Gasteiger partial charge in [0.05, 0.1) is 34.4 Å². The first-order valence-electron chi connectivity index (χ1n) is 13.7. The number of benzene rings is 3. The Labute approximate surface area is 241 Å². The Bertz CT molecular complexity index is 1550. The van der Waals surface area contributed by atoms with Crippen LogP contribution in [-0.2, 0) is 21.2 Å². The molecule has 0 radical (unpaired) electrons. The van der Waals surface area contributed by atoms with Crippen molar-refractivity contribution in [3.8, 4) is 5.75 Å². The number of nitrogens with zero attached hydrogens (tertiary/aromatic N) is 2. The van der Waals surface area contributed by atoms with Crippen LogP contribution in [0.1, 0.15) is 30.5 Å². The fourth-order valence-corrected chi connectivity index (χ4v) is 6.45. The summed E-state index contributed by atoms with van der Waals surface area (Å²) in [5.41, 5.74) is 4.00. The minimum absolute atomic E-state index is 0.000719. The molecule has 0 saturated heterocycles. The maximum Gasteiger partial charge on any atom is 0.258 e. The summed E-state index contributed by atoms with van der Waals surface area (Å²) in [6.07, 6.45) is 0.633. The molecule has 4 rings (SSSR count). The number of aliphatic hydroxyl groups is 1. The van der Waals surface area contributed by atoms with Crippen LogP contribution in [0.4, 0.5) is 0 Å². The van der Waals surface area contributed by atoms with Gasteiger partial charge in [-0.2, -0.15) is 4.31 Å². The molecule has 0 fully saturated rings. The standard InChI is InChI=1S/C31H38N4O5S/c1-21(2)17-35(41(38,39)25-13-14-26-27(16-25)33-20-32-26)18-29(36)28(15-24-11-6-5-7-12-24)34-30(37)19-40-31-22(3)9-8-10-23(31)4/h5-14,16,20-21,28-29,36H,15,17-19H2,1-4H3,(H,32,33)(H,34,37)/t28-,29+/m0/s1. The molecule has 0 bridgehead atoms. The normalized spacial score (nSPS) is 13.4. The number of ether oxygens (including phenoxy) is 1. The predicted octanol–water partition coefficient (Wildman–Crippen LogP) is 3.99. The second-order valence-electron chi connectivity index (χ2n) is 10.7. The predicted molar refractivity (Wildman–Crippen MR) is 159 cm³/mol. The molecule has 0 aliphatic heterocycles. The highest BCUT2D eigenvalue weighted by atomic mass is 32.2. The molecule has 0 saturated carbocycles. The minimum Gasteiger partial charge on any atom is -0.483 e. The Hall–Kier alpha value is -3.73. The highest BCUT2D eigenvalue weighted by molar-refractivity contribution is 7.89. The Morgan fingerprint density at radius 3 is 2.41 bits per heavy atom. The smallest absolute Gasteiger partial charge is 0.258 e. The fourth-order valence-electron chi connectivity index (χ4n) is 4.80. The van der Waals surface area contributed by atoms with Gasteiger partial charge in [-0.05, 0) is 61.1 Å². The third-order valence-electron chi connectivity index (χ3n) is 6.85. The number of carbonyl (C=O) groups is 1. The largest absolute Gasteiger partial charge is 0.483 e. The molecule has 1 aromatic heterocycles. The van der Waals surface area contributed by atoms with Gasteiger partial charge in [0.15, 0.2) is 6.61 Å². The van der Waals surface area contributed by atoms with Crippen LogP contribution < -0.4 is 10.1 Å². The summed E-state index contributed by atoms with van der Waals surface area (Å²) in [7, 11) is -3.96. The van der Waals surface area contributed by atoms with E-state index in [0.717, 1.165) is 16.7 Å². The van der Waals surface area contributed by atoms with Gasteiger partial charge in [-0.15, -0.1) is 0 Å². The fraction of sp³-hybridized carbons (Fsp3) is 0.355. The van der Waals surface area contributed by atoms with Crippen LogP contribution in [0, 0.1) is 19.8 Å². The molecular formula is C31H38N4O5S. The lowest BCUT2D eigenvalue weighted by molar-refractivity contribution is -0.124. The van der Waals surface area contributed by atoms with Gasteiger partial charge in [0.2, 0.25) is 10.0 Å². The van der Waals surface area contributed by atoms with Crippen LogP contribution in [0.15, 0.2) is 78.0 Å². The van der Waals surface area contributed by atoms with Gasteiger partial charge in [-0.25, -0.2) is 13.4 Å². The molecule has 218 valence electrons. The van der Waals surface area contributed by atoms with Gasteiger partial charge in [0, 0.05) is 13.1 Å². The van der Waals surface area contributed by atoms with E-state index in [1.54, 1.807) is 12.1 Å². The van der Waals surface area contributed by atoms with Crippen molar-refractivity contribution >= 4 is 27.0 Å². The van der Waals surface area contributed by atoms with Gasteiger partial charge in [0.25, 0.3) is 5.91 Å². The first-order valence-corrected chi connectivity index (χ1v) is 15.1. The Balaban J connectivity index is 1.55. The summed E-state index contributed by atoms with van der Waals surface area (Å²) in [5.74, 6) is 0.239. The van der Waals surface area contributed by atoms with Crippen LogP contribution >= 0.6 is 0 Å². The van der Waals surface area contributed by atoms with Crippen LogP contribution in [0.25, 0.3) is 11.0 Å². The zero-order chi connectivity index (χ0) is 29.6. The Morgan fingerprint density at radius 2 is 1.73 bits per heavy atom. The minimum atomic E-state index is -3.96. The maximum absolute atomic E-state index is 13.8. The number of nitrogens with one attached hydrogen (secondary N) is 2. The van der Waals surface area contributed by atoms with E-state index in [4.69, 9.17) is 4.74 Å². The number of aromatic nitrogens is 2. The molecule has 3 N–H and O–H groups in total. The van der Waals surface area contributed by atoms with E-state index in [0.29, 0.717) is 23.2 Å². The van der Waals surface area contributed by atoms with Crippen molar-refractivity contribution in [2.45, 2.75) is 51.2 Å². The molecule has 10 heteroatoms. The molecule has 41 heavy (non-hydrogen) atoms. The molecule has 0 aliphatic carbocycles. The highest BCUT2D eigenvalue weighted by Gasteiger charge is 2.31. The molecule has 2 atom stereocenters. The summed E-state index contributed by atoms with van der Waals surface area (Å²) in [6, 6.07) is 19.2. The van der Waals surface area contributed by atoms with E-state index < -0.39 is 28.1 Å². The molecule has 1 heterocycles. The summed E-state index contributed by atoms with van der Waals surface area (Å²) >= 11 is 0. The number of aromatic amines is 1. The van der Waals surface area contributed by atoms with Crippen molar-refractivity contribution in [1.29, 1.82) is 0 Å². The lowest BCUT2D eigenvalue weighted by Crippen LogP contribution is -2.52. The SMILES string of the molecule is Cc1cccc(C)c1OCC(=O)N[C@@H](Cc1ccccc1)[C@H](O)CN(CC(C)C)S(=O)(=O)c1ccc2nc[nH]c2c1. The lowest BCUT2D eigenvalue weighted by atomic mass is 10.0. The first kappa shape index (κ1) is 30.2. The quantitative estimate of drug-likeness (QED) is 0.220. The average molecular weight is 579 g/mol. The number of hydrogen-bond acceptors (Lipinski definition) is 6. The van der Waals surface area contributed by atoms with Crippen LogP contribution in [0.3, 0.4) is 0 Å². The van der Waals surface area contributed by atoms with Crippen molar-refractivity contribution in [2.75, 3.05) is 19.7 Å². The number of fused-ring (bicyclic) bond motifs is 1. The molecule has 1 amide bonds. The number of amides is 1. The van der Waals surface area contributed by atoms with E-state index in [2.05, 4.69) is 15.3 Å². The molecule has 0 unspecified atom stereocenters. The molecule has 4 aromatic rings. The number of sulfonamides is 1. The van der Waals surface area contributed by atoms with E-state index >= 15 is 0 Å². The van der Waals surface area contributed by atoms with E-state index in [9.17, 15) is 18.3 Å². The second-order valence-corrected chi connectivity index (χ2v) is 12.7. The van der Waals surface area contributed by atoms with E-state index in [-0.39, 0.29) is 30.5 Å². The number of para-hydroxylation sites is 1. The maximum atomic E-state index is 13.8. The highest BCUT2D eigenvalue weighted by Crippen LogP contribution is 2.23. The second kappa shape index (κ2) is 13.3. The molecule has 3 aromatic carbocycles. The van der Waals surface area contributed by atoms with Gasteiger partial charge in [-0.1, -0.05) is 62.4 Å². The van der Waals surface area contributed by atoms with Gasteiger partial charge in [-0.3, -0.25) is 4.79 Å². The van der Waals surface area contributed by atoms with Crippen molar-refractivity contribution in [2.24, 2.45) is 5.92 Å². The van der Waals surface area contributed by atoms with E-state index in [1.807, 2.05) is 76.2 Å². The zero-order valence-corrected chi connectivity index (χ0v) is 24.7. The number of rotatable bonds is 13. The van der Waals surface area contributed by atoms with Crippen molar-refractivity contribution < 1.29 is 23.1 Å². The first-order chi connectivity index (χ1) is 19.5. The average Bonchev–Trinajstić information content (AvgIpc) is 3.40. The van der Waals surface area contributed by atoms with Crippen LogP contribution in [-0.4, -0.2) is 65.5 Å². The van der Waals surface area contributed by atoms with Gasteiger partial charge in [0.1, 0.15) is 5.75 Å². The Kier molecular flexibility index (Phi) is 9.80. The number of hydrogen-bond donors (Lipinski definition) is 3. The van der Waals surface area contributed by atoms with Gasteiger partial charge < -0.3 is 20.1 Å². The molecule has 0 aliphatic rings. The third kappa shape index (κ3) is 7.72. The molecular weight excluding hydrogens is 540 g/mol. The number of aliphatic hydroxyl groups excluding tert-OH is 1. The summed E-state index contributed by atoms with van der Waals surface area (Å²) < 4.78 is 34.7. The number of aryl methyl sites for hydroxylation is 2. The number of carbonyl (C=O) groups excluding carboxylic acids is 1. The lowest BCUT2D eigenvalue weighted by Gasteiger charge is -2.30. The van der Waals surface area contributed by atoms with Crippen LogP contribution in [0.2, 0.25) is 0 Å². The van der Waals surface area contributed by atoms with Crippen molar-refractivity contribution in [3.63, 3.8) is 0 Å².